The predicted molar refractivity (Wildman–Crippen MR) is 135 cm³/mol. The first-order valence-electron chi connectivity index (χ1n) is 11.8. The van der Waals surface area contributed by atoms with Gasteiger partial charge in [-0.3, -0.25) is 9.69 Å². The molecule has 3 heterocycles. The van der Waals surface area contributed by atoms with Crippen LogP contribution in [0.25, 0.3) is 10.8 Å². The van der Waals surface area contributed by atoms with Crippen LogP contribution in [-0.2, 0) is 19.6 Å². The number of pyridine rings is 1. The molecule has 0 bridgehead atoms. The molecule has 9 nitrogen and oxygen atoms in total. The first-order valence-corrected chi connectivity index (χ1v) is 13.2. The molecular weight excluding hydrogens is 466 g/mol. The highest BCUT2D eigenvalue weighted by molar-refractivity contribution is 7.89. The number of anilines is 2. The number of hydrogen-bond donors (Lipinski definition) is 1. The number of ether oxygens (including phenoxy) is 1. The second-order valence-electron chi connectivity index (χ2n) is 8.74. The summed E-state index contributed by atoms with van der Waals surface area (Å²) in [5.74, 6) is 0.704. The summed E-state index contributed by atoms with van der Waals surface area (Å²) in [4.78, 5) is 21.4. The molecule has 0 aliphatic carbocycles. The minimum atomic E-state index is -3.55. The lowest BCUT2D eigenvalue weighted by Crippen LogP contribution is -2.49. The third-order valence-corrected chi connectivity index (χ3v) is 8.31. The molecule has 1 N–H and O–H groups in total. The van der Waals surface area contributed by atoms with E-state index in [0.717, 1.165) is 35.4 Å². The average Bonchev–Trinajstić information content (AvgIpc) is 2.89. The second kappa shape index (κ2) is 10.3. The summed E-state index contributed by atoms with van der Waals surface area (Å²) in [5.41, 5.74) is 0.795. The number of benzene rings is 2. The molecule has 5 rings (SSSR count). The first-order chi connectivity index (χ1) is 17.0. The predicted octanol–water partition coefficient (Wildman–Crippen LogP) is 2.02. The van der Waals surface area contributed by atoms with E-state index in [-0.39, 0.29) is 10.8 Å². The number of fused-ring (bicyclic) bond motifs is 1. The van der Waals surface area contributed by atoms with Gasteiger partial charge in [0.25, 0.3) is 0 Å². The molecule has 184 valence electrons. The Morgan fingerprint density at radius 1 is 0.914 bits per heavy atom. The fourth-order valence-electron chi connectivity index (χ4n) is 4.45. The molecule has 2 fully saturated rings. The molecule has 1 aromatic heterocycles. The van der Waals surface area contributed by atoms with Crippen LogP contribution in [-0.4, -0.2) is 87.5 Å². The highest BCUT2D eigenvalue weighted by Crippen LogP contribution is 2.21. The van der Waals surface area contributed by atoms with Crippen molar-refractivity contribution < 1.29 is 17.9 Å². The van der Waals surface area contributed by atoms with E-state index >= 15 is 0 Å². The van der Waals surface area contributed by atoms with Crippen LogP contribution in [0.5, 0.6) is 0 Å². The van der Waals surface area contributed by atoms with Gasteiger partial charge in [-0.05, 0) is 35.0 Å². The van der Waals surface area contributed by atoms with Gasteiger partial charge in [0.1, 0.15) is 10.7 Å². The highest BCUT2D eigenvalue weighted by atomic mass is 32.2. The molecule has 0 spiro atoms. The number of rotatable bonds is 6. The molecule has 0 radical (unpaired) electrons. The Hall–Kier alpha value is -3.05. The Labute approximate surface area is 205 Å². The van der Waals surface area contributed by atoms with Gasteiger partial charge in [-0.25, -0.2) is 13.4 Å². The number of carbonyl (C=O) groups excluding carboxylic acids is 1. The molecule has 2 aliphatic rings. The van der Waals surface area contributed by atoms with Gasteiger partial charge >= 0.3 is 0 Å². The van der Waals surface area contributed by atoms with Crippen LogP contribution < -0.4 is 10.2 Å². The van der Waals surface area contributed by atoms with E-state index in [4.69, 9.17) is 4.74 Å². The largest absolute Gasteiger partial charge is 0.379 e. The van der Waals surface area contributed by atoms with E-state index in [0.29, 0.717) is 45.9 Å². The molecule has 2 aromatic carbocycles. The van der Waals surface area contributed by atoms with E-state index in [2.05, 4.69) is 20.1 Å². The smallest absolute Gasteiger partial charge is 0.244 e. The van der Waals surface area contributed by atoms with Gasteiger partial charge in [-0.1, -0.05) is 30.3 Å². The first kappa shape index (κ1) is 23.7. The van der Waals surface area contributed by atoms with Crippen molar-refractivity contribution in [2.45, 2.75) is 4.90 Å². The lowest BCUT2D eigenvalue weighted by atomic mass is 10.1. The lowest BCUT2D eigenvalue weighted by molar-refractivity contribution is -0.117. The van der Waals surface area contributed by atoms with Crippen LogP contribution in [0, 0.1) is 0 Å². The fourth-order valence-corrected chi connectivity index (χ4v) is 5.81. The van der Waals surface area contributed by atoms with Crippen LogP contribution in [0.4, 0.5) is 11.5 Å². The Kier molecular flexibility index (Phi) is 6.96. The summed E-state index contributed by atoms with van der Waals surface area (Å²) >= 11 is 0. The number of hydrogen-bond acceptors (Lipinski definition) is 7. The van der Waals surface area contributed by atoms with Crippen molar-refractivity contribution in [2.24, 2.45) is 0 Å². The van der Waals surface area contributed by atoms with E-state index in [9.17, 15) is 13.2 Å². The minimum absolute atomic E-state index is 0.0375. The summed E-state index contributed by atoms with van der Waals surface area (Å²) < 4.78 is 32.3. The zero-order chi connectivity index (χ0) is 24.3. The highest BCUT2D eigenvalue weighted by Gasteiger charge is 2.27. The van der Waals surface area contributed by atoms with Crippen molar-refractivity contribution in [3.63, 3.8) is 0 Å². The molecule has 0 unspecified atom stereocenters. The van der Waals surface area contributed by atoms with Gasteiger partial charge in [-0.2, -0.15) is 4.31 Å². The molecule has 0 saturated carbocycles. The van der Waals surface area contributed by atoms with E-state index in [1.165, 1.54) is 10.5 Å². The van der Waals surface area contributed by atoms with Gasteiger partial charge in [0.2, 0.25) is 15.9 Å². The van der Waals surface area contributed by atoms with Gasteiger partial charge in [0.15, 0.2) is 0 Å². The third kappa shape index (κ3) is 5.46. The molecule has 1 amide bonds. The molecule has 3 aromatic rings. The second-order valence-corrected chi connectivity index (χ2v) is 10.7. The molecular formula is C25H29N5O4S. The van der Waals surface area contributed by atoms with Crippen molar-refractivity contribution in [3.8, 4) is 0 Å². The van der Waals surface area contributed by atoms with Gasteiger partial charge < -0.3 is 15.0 Å². The molecule has 2 aliphatic heterocycles. The number of nitrogens with zero attached hydrogens (tertiary/aromatic N) is 4. The van der Waals surface area contributed by atoms with Crippen molar-refractivity contribution in [2.75, 3.05) is 69.2 Å². The number of aromatic nitrogens is 1. The van der Waals surface area contributed by atoms with E-state index in [1.54, 1.807) is 12.1 Å². The number of carbonyl (C=O) groups is 1. The Morgan fingerprint density at radius 2 is 1.66 bits per heavy atom. The van der Waals surface area contributed by atoms with Crippen molar-refractivity contribution in [1.82, 2.24) is 14.2 Å². The van der Waals surface area contributed by atoms with Crippen LogP contribution in [0.2, 0.25) is 0 Å². The number of morpholine rings is 1. The zero-order valence-electron chi connectivity index (χ0n) is 19.5. The number of nitrogens with one attached hydrogen (secondary N) is 1. The quantitative estimate of drug-likeness (QED) is 0.559. The summed E-state index contributed by atoms with van der Waals surface area (Å²) in [5, 5.41) is 5.23. The van der Waals surface area contributed by atoms with Crippen LogP contribution >= 0.6 is 0 Å². The summed E-state index contributed by atoms with van der Waals surface area (Å²) in [6.07, 6.45) is 1.43. The van der Waals surface area contributed by atoms with Gasteiger partial charge in [0.05, 0.1) is 19.8 Å². The maximum Gasteiger partial charge on any atom is 0.244 e. The van der Waals surface area contributed by atoms with E-state index in [1.807, 2.05) is 42.5 Å². The normalized spacial score (nSPS) is 18.0. The summed E-state index contributed by atoms with van der Waals surface area (Å²) in [7, 11) is -3.55. The van der Waals surface area contributed by atoms with Crippen molar-refractivity contribution in [1.29, 1.82) is 0 Å². The fraction of sp³-hybridized carbons (Fsp3) is 0.360. The molecule has 35 heavy (non-hydrogen) atoms. The van der Waals surface area contributed by atoms with Crippen molar-refractivity contribution >= 4 is 38.2 Å². The van der Waals surface area contributed by atoms with Gasteiger partial charge in [-0.15, -0.1) is 0 Å². The number of piperazine rings is 1. The Balaban J connectivity index is 1.13. The maximum atomic E-state index is 12.8. The third-order valence-electron chi connectivity index (χ3n) is 6.43. The standard InChI is InChI=1S/C25H29N5O4S/c31-25(27-22-6-5-20-3-1-2-4-21(20)17-22)19-28-9-11-29(12-10-28)24-8-7-23(18-26-24)35(32,33)30-13-15-34-16-14-30/h1-8,17-18H,9-16,19H2,(H,27,31). The van der Waals surface area contributed by atoms with Crippen molar-refractivity contribution in [3.05, 3.63) is 60.8 Å². The van der Waals surface area contributed by atoms with Crippen LogP contribution in [0.15, 0.2) is 65.7 Å². The Morgan fingerprint density at radius 3 is 2.37 bits per heavy atom. The minimum Gasteiger partial charge on any atom is -0.379 e. The zero-order valence-corrected chi connectivity index (χ0v) is 20.3. The molecule has 0 atom stereocenters. The molecule has 10 heteroatoms. The SMILES string of the molecule is O=C(CN1CCN(c2ccc(S(=O)(=O)N3CCOCC3)cn2)CC1)Nc1ccc2ccccc2c1. The monoisotopic (exact) mass is 495 g/mol. The number of amides is 1. The number of sulfonamides is 1. The topological polar surface area (TPSA) is 95.1 Å². The summed E-state index contributed by atoms with van der Waals surface area (Å²) in [6.45, 7) is 4.75. The maximum absolute atomic E-state index is 12.8. The van der Waals surface area contributed by atoms with Crippen LogP contribution in [0.3, 0.4) is 0 Å². The van der Waals surface area contributed by atoms with Crippen LogP contribution in [0.1, 0.15) is 0 Å². The lowest BCUT2D eigenvalue weighted by Gasteiger charge is -2.35. The molecule has 2 saturated heterocycles. The van der Waals surface area contributed by atoms with E-state index < -0.39 is 10.0 Å². The Bertz CT molecular complexity index is 1280. The van der Waals surface area contributed by atoms with Gasteiger partial charge in [0, 0.05) is 51.2 Å². The summed E-state index contributed by atoms with van der Waals surface area (Å²) in [6, 6.07) is 17.4. The average molecular weight is 496 g/mol.